The summed E-state index contributed by atoms with van der Waals surface area (Å²) in [4.78, 5) is 12.0. The molecule has 1 saturated carbocycles. The Morgan fingerprint density at radius 2 is 1.91 bits per heavy atom. The molecule has 2 rings (SSSR count). The molecule has 1 fully saturated rings. The van der Waals surface area contributed by atoms with E-state index in [0.29, 0.717) is 24.8 Å². The summed E-state index contributed by atoms with van der Waals surface area (Å²) < 4.78 is 22.0. The van der Waals surface area contributed by atoms with Gasteiger partial charge in [-0.05, 0) is 35.8 Å². The van der Waals surface area contributed by atoms with Gasteiger partial charge in [-0.3, -0.25) is 4.79 Å². The molecule has 2 unspecified atom stereocenters. The molecule has 5 heteroatoms. The van der Waals surface area contributed by atoms with E-state index in [0.717, 1.165) is 6.42 Å². The van der Waals surface area contributed by atoms with Crippen LogP contribution in [-0.2, 0) is 14.6 Å². The maximum Gasteiger partial charge on any atom is 0.223 e. The van der Waals surface area contributed by atoms with Crippen LogP contribution in [-0.4, -0.2) is 32.9 Å². The summed E-state index contributed by atoms with van der Waals surface area (Å²) in [6, 6.07) is 8.52. The largest absolute Gasteiger partial charge is 0.356 e. The number of hydrogen-bond acceptors (Lipinski definition) is 3. The summed E-state index contributed by atoms with van der Waals surface area (Å²) in [5, 5.41) is 2.84. The third-order valence-corrected chi connectivity index (χ3v) is 5.18. The lowest BCUT2D eigenvalue weighted by Gasteiger charge is -2.07. The molecule has 1 N–H and O–H groups in total. The van der Waals surface area contributed by atoms with Gasteiger partial charge in [-0.15, -0.1) is 0 Å². The molecule has 4 nitrogen and oxygen atoms in total. The first-order valence-electron chi connectivity index (χ1n) is 7.83. The highest BCUT2D eigenvalue weighted by atomic mass is 32.2. The summed E-state index contributed by atoms with van der Waals surface area (Å²) in [6.07, 6.45) is 2.58. The van der Waals surface area contributed by atoms with Gasteiger partial charge in [0.15, 0.2) is 0 Å². The number of nitrogens with one attached hydrogen (secondary N) is 1. The molecule has 1 amide bonds. The number of hydrogen-bond donors (Lipinski definition) is 1. The number of amides is 1. The Kier molecular flexibility index (Phi) is 5.27. The van der Waals surface area contributed by atoms with Crippen molar-refractivity contribution in [3.05, 3.63) is 35.4 Å². The first kappa shape index (κ1) is 17.0. The van der Waals surface area contributed by atoms with E-state index in [9.17, 15) is 13.2 Å². The van der Waals surface area contributed by atoms with Crippen LogP contribution in [0, 0.1) is 5.92 Å². The fraction of sp³-hybridized carbons (Fsp3) is 0.588. The van der Waals surface area contributed by atoms with Crippen LogP contribution >= 0.6 is 0 Å². The maximum atomic E-state index is 12.0. The van der Waals surface area contributed by atoms with Crippen LogP contribution in [0.5, 0.6) is 0 Å². The van der Waals surface area contributed by atoms with Crippen molar-refractivity contribution in [2.24, 2.45) is 5.92 Å². The number of benzene rings is 1. The standard InChI is InChI=1S/C17H25NO3S/c1-12(2)13-5-7-14(8-6-13)15-11-16(15)17(19)18-9-4-10-22(3,20)21/h5-8,12,15-16H,4,9-11H2,1-3H3,(H,18,19). The summed E-state index contributed by atoms with van der Waals surface area (Å²) in [5.74, 6) is 1.05. The lowest BCUT2D eigenvalue weighted by molar-refractivity contribution is -0.122. The van der Waals surface area contributed by atoms with E-state index >= 15 is 0 Å². The second-order valence-corrected chi connectivity index (χ2v) is 8.80. The van der Waals surface area contributed by atoms with E-state index in [4.69, 9.17) is 0 Å². The molecular weight excluding hydrogens is 298 g/mol. The average molecular weight is 323 g/mol. The van der Waals surface area contributed by atoms with Crippen LogP contribution in [0.4, 0.5) is 0 Å². The van der Waals surface area contributed by atoms with Crippen molar-refractivity contribution in [2.75, 3.05) is 18.6 Å². The molecule has 22 heavy (non-hydrogen) atoms. The molecule has 2 atom stereocenters. The minimum atomic E-state index is -2.94. The fourth-order valence-electron chi connectivity index (χ4n) is 2.66. The van der Waals surface area contributed by atoms with E-state index in [1.54, 1.807) is 0 Å². The lowest BCUT2D eigenvalue weighted by Crippen LogP contribution is -2.27. The molecule has 0 spiro atoms. The summed E-state index contributed by atoms with van der Waals surface area (Å²) in [6.45, 7) is 4.76. The zero-order chi connectivity index (χ0) is 16.3. The van der Waals surface area contributed by atoms with Gasteiger partial charge < -0.3 is 5.32 Å². The van der Waals surface area contributed by atoms with Gasteiger partial charge in [0.2, 0.25) is 5.91 Å². The van der Waals surface area contributed by atoms with Crippen LogP contribution in [0.15, 0.2) is 24.3 Å². The molecule has 1 aromatic rings. The first-order chi connectivity index (χ1) is 10.3. The second kappa shape index (κ2) is 6.82. The fourth-order valence-corrected chi connectivity index (χ4v) is 3.33. The van der Waals surface area contributed by atoms with Gasteiger partial charge in [-0.25, -0.2) is 8.42 Å². The molecule has 0 aliphatic heterocycles. The van der Waals surface area contributed by atoms with Crippen molar-refractivity contribution in [1.82, 2.24) is 5.32 Å². The number of carbonyl (C=O) groups is 1. The third-order valence-electron chi connectivity index (χ3n) is 4.15. The summed E-state index contributed by atoms with van der Waals surface area (Å²) >= 11 is 0. The molecular formula is C17H25NO3S. The van der Waals surface area contributed by atoms with E-state index in [1.165, 1.54) is 17.4 Å². The molecule has 1 aromatic carbocycles. The number of sulfone groups is 1. The zero-order valence-corrected chi connectivity index (χ0v) is 14.3. The van der Waals surface area contributed by atoms with Gasteiger partial charge in [0.1, 0.15) is 9.84 Å². The molecule has 0 heterocycles. The smallest absolute Gasteiger partial charge is 0.223 e. The van der Waals surface area contributed by atoms with Gasteiger partial charge in [-0.2, -0.15) is 0 Å². The van der Waals surface area contributed by atoms with Crippen LogP contribution < -0.4 is 5.32 Å². The topological polar surface area (TPSA) is 63.2 Å². The molecule has 0 aromatic heterocycles. The Labute approximate surface area is 133 Å². The van der Waals surface area contributed by atoms with Crippen molar-refractivity contribution in [3.63, 3.8) is 0 Å². The second-order valence-electron chi connectivity index (χ2n) is 6.54. The molecule has 1 aliphatic carbocycles. The number of carbonyl (C=O) groups excluding carboxylic acids is 1. The van der Waals surface area contributed by atoms with Gasteiger partial charge in [0.25, 0.3) is 0 Å². The summed E-state index contributed by atoms with van der Waals surface area (Å²) in [5.41, 5.74) is 2.53. The quantitative estimate of drug-likeness (QED) is 0.784. The van der Waals surface area contributed by atoms with Crippen molar-refractivity contribution in [2.45, 2.75) is 38.5 Å². The highest BCUT2D eigenvalue weighted by molar-refractivity contribution is 7.90. The third kappa shape index (κ3) is 4.83. The van der Waals surface area contributed by atoms with Gasteiger partial charge in [-0.1, -0.05) is 38.1 Å². The molecule has 0 radical (unpaired) electrons. The van der Waals surface area contributed by atoms with E-state index < -0.39 is 9.84 Å². The van der Waals surface area contributed by atoms with Crippen molar-refractivity contribution >= 4 is 15.7 Å². The Morgan fingerprint density at radius 3 is 2.45 bits per heavy atom. The van der Waals surface area contributed by atoms with Gasteiger partial charge >= 0.3 is 0 Å². The van der Waals surface area contributed by atoms with Gasteiger partial charge in [0.05, 0.1) is 5.75 Å². The Bertz CT molecular complexity index is 620. The monoisotopic (exact) mass is 323 g/mol. The predicted molar refractivity (Wildman–Crippen MR) is 88.7 cm³/mol. The SMILES string of the molecule is CC(C)c1ccc(C2CC2C(=O)NCCCS(C)(=O)=O)cc1. The van der Waals surface area contributed by atoms with Crippen molar-refractivity contribution in [1.29, 1.82) is 0 Å². The van der Waals surface area contributed by atoms with Gasteiger partial charge in [0, 0.05) is 18.7 Å². The highest BCUT2D eigenvalue weighted by Crippen LogP contribution is 2.47. The van der Waals surface area contributed by atoms with Crippen LogP contribution in [0.2, 0.25) is 0 Å². The Hall–Kier alpha value is -1.36. The van der Waals surface area contributed by atoms with E-state index in [2.05, 4.69) is 43.4 Å². The Morgan fingerprint density at radius 1 is 1.27 bits per heavy atom. The Balaban J connectivity index is 1.78. The lowest BCUT2D eigenvalue weighted by atomic mass is 10.00. The summed E-state index contributed by atoms with van der Waals surface area (Å²) in [7, 11) is -2.94. The molecule has 0 bridgehead atoms. The van der Waals surface area contributed by atoms with E-state index in [1.807, 2.05) is 0 Å². The van der Waals surface area contributed by atoms with Crippen LogP contribution in [0.3, 0.4) is 0 Å². The normalized spacial score (nSPS) is 20.9. The highest BCUT2D eigenvalue weighted by Gasteiger charge is 2.43. The minimum absolute atomic E-state index is 0.0446. The predicted octanol–water partition coefficient (Wildman–Crippen LogP) is 2.46. The maximum absolute atomic E-state index is 12.0. The van der Waals surface area contributed by atoms with E-state index in [-0.39, 0.29) is 17.6 Å². The van der Waals surface area contributed by atoms with Crippen LogP contribution in [0.1, 0.15) is 49.7 Å². The van der Waals surface area contributed by atoms with Crippen LogP contribution in [0.25, 0.3) is 0 Å². The number of rotatable bonds is 7. The minimum Gasteiger partial charge on any atom is -0.356 e. The first-order valence-corrected chi connectivity index (χ1v) is 9.89. The van der Waals surface area contributed by atoms with Crippen molar-refractivity contribution in [3.8, 4) is 0 Å². The molecule has 1 aliphatic rings. The zero-order valence-electron chi connectivity index (χ0n) is 13.5. The molecule has 0 saturated heterocycles. The van der Waals surface area contributed by atoms with Crippen molar-refractivity contribution < 1.29 is 13.2 Å². The average Bonchev–Trinajstić information content (AvgIpc) is 3.23. The molecule has 122 valence electrons.